The number of rotatable bonds is 4. The Labute approximate surface area is 117 Å². The van der Waals surface area contributed by atoms with E-state index < -0.39 is 0 Å². The Morgan fingerprint density at radius 1 is 1.42 bits per heavy atom. The largest absolute Gasteiger partial charge is 0.329 e. The second kappa shape index (κ2) is 6.06. The third kappa shape index (κ3) is 3.00. The van der Waals surface area contributed by atoms with E-state index in [2.05, 4.69) is 37.0 Å². The van der Waals surface area contributed by atoms with Crippen molar-refractivity contribution in [1.29, 1.82) is 0 Å². The number of nitrogens with two attached hydrogens (primary N) is 1. The molecule has 19 heavy (non-hydrogen) atoms. The third-order valence-electron chi connectivity index (χ3n) is 4.42. The molecule has 108 valence electrons. The molecule has 1 aromatic rings. The average molecular weight is 264 g/mol. The second-order valence-corrected chi connectivity index (χ2v) is 6.04. The number of aromatic nitrogens is 2. The number of hydrogen-bond acceptors (Lipinski definition) is 3. The van der Waals surface area contributed by atoms with Crippen LogP contribution in [0.1, 0.15) is 50.9 Å². The molecule has 4 heteroatoms. The van der Waals surface area contributed by atoms with Crippen LogP contribution in [0.2, 0.25) is 0 Å². The Balaban J connectivity index is 2.27. The molecule has 3 atom stereocenters. The molecule has 0 aliphatic carbocycles. The molecule has 3 unspecified atom stereocenters. The highest BCUT2D eigenvalue weighted by molar-refractivity contribution is 5.22. The van der Waals surface area contributed by atoms with Crippen LogP contribution >= 0.6 is 0 Å². The van der Waals surface area contributed by atoms with Gasteiger partial charge in [0, 0.05) is 37.9 Å². The zero-order valence-electron chi connectivity index (χ0n) is 12.8. The number of hydrogen-bond donors (Lipinski definition) is 1. The summed E-state index contributed by atoms with van der Waals surface area (Å²) in [5, 5.41) is 4.57. The van der Waals surface area contributed by atoms with E-state index in [1.54, 1.807) is 0 Å². The molecule has 0 spiro atoms. The minimum atomic E-state index is 0.321. The molecule has 0 amide bonds. The van der Waals surface area contributed by atoms with Crippen molar-refractivity contribution in [2.75, 3.05) is 13.1 Å². The van der Waals surface area contributed by atoms with Gasteiger partial charge >= 0.3 is 0 Å². The van der Waals surface area contributed by atoms with Crippen LogP contribution in [0.4, 0.5) is 0 Å². The van der Waals surface area contributed by atoms with Crippen molar-refractivity contribution in [3.8, 4) is 0 Å². The summed E-state index contributed by atoms with van der Waals surface area (Å²) in [6, 6.07) is 0.941. The average Bonchev–Trinajstić information content (AvgIpc) is 2.76. The quantitative estimate of drug-likeness (QED) is 0.906. The molecule has 2 heterocycles. The van der Waals surface area contributed by atoms with E-state index in [1.807, 2.05) is 11.7 Å². The molecule has 0 aromatic carbocycles. The lowest BCUT2D eigenvalue weighted by Gasteiger charge is -2.41. The van der Waals surface area contributed by atoms with Gasteiger partial charge in [0.25, 0.3) is 0 Å². The normalized spacial score (nSPS) is 26.6. The fourth-order valence-electron chi connectivity index (χ4n) is 3.30. The number of nitrogens with zero attached hydrogens (tertiary/aromatic N) is 3. The summed E-state index contributed by atoms with van der Waals surface area (Å²) in [7, 11) is 2.00. The highest BCUT2D eigenvalue weighted by Crippen LogP contribution is 2.31. The Hall–Kier alpha value is -0.870. The molecule has 1 fully saturated rings. The topological polar surface area (TPSA) is 47.1 Å². The van der Waals surface area contributed by atoms with Gasteiger partial charge in [-0.25, -0.2) is 0 Å². The molecular weight excluding hydrogens is 236 g/mol. The van der Waals surface area contributed by atoms with Crippen molar-refractivity contribution in [3.63, 3.8) is 0 Å². The van der Waals surface area contributed by atoms with Crippen LogP contribution in [0.3, 0.4) is 0 Å². The molecule has 1 aliphatic heterocycles. The van der Waals surface area contributed by atoms with E-state index in [4.69, 9.17) is 5.73 Å². The molecular formula is C15H28N4. The predicted octanol–water partition coefficient (Wildman–Crippen LogP) is 2.10. The monoisotopic (exact) mass is 264 g/mol. The fourth-order valence-corrected chi connectivity index (χ4v) is 3.30. The Morgan fingerprint density at radius 3 is 2.79 bits per heavy atom. The molecule has 2 rings (SSSR count). The second-order valence-electron chi connectivity index (χ2n) is 6.04. The van der Waals surface area contributed by atoms with Crippen LogP contribution in [-0.2, 0) is 13.5 Å². The first kappa shape index (κ1) is 14.5. The van der Waals surface area contributed by atoms with Crippen molar-refractivity contribution >= 4 is 0 Å². The lowest BCUT2D eigenvalue weighted by Crippen LogP contribution is -2.45. The summed E-state index contributed by atoms with van der Waals surface area (Å²) in [4.78, 5) is 2.59. The van der Waals surface area contributed by atoms with Crippen molar-refractivity contribution in [2.24, 2.45) is 18.7 Å². The first-order chi connectivity index (χ1) is 9.06. The minimum absolute atomic E-state index is 0.321. The minimum Gasteiger partial charge on any atom is -0.329 e. The maximum Gasteiger partial charge on any atom is 0.0670 e. The van der Waals surface area contributed by atoms with Crippen LogP contribution < -0.4 is 5.73 Å². The molecule has 0 bridgehead atoms. The van der Waals surface area contributed by atoms with Crippen molar-refractivity contribution in [1.82, 2.24) is 14.7 Å². The van der Waals surface area contributed by atoms with Gasteiger partial charge in [0.2, 0.25) is 0 Å². The number of aryl methyl sites for hydroxylation is 2. The molecule has 1 saturated heterocycles. The van der Waals surface area contributed by atoms with E-state index in [-0.39, 0.29) is 0 Å². The summed E-state index contributed by atoms with van der Waals surface area (Å²) in [6.07, 6.45) is 5.74. The van der Waals surface area contributed by atoms with Crippen molar-refractivity contribution in [2.45, 2.75) is 52.1 Å². The van der Waals surface area contributed by atoms with Crippen molar-refractivity contribution in [3.05, 3.63) is 17.5 Å². The van der Waals surface area contributed by atoms with Gasteiger partial charge in [0.1, 0.15) is 0 Å². The van der Waals surface area contributed by atoms with E-state index in [9.17, 15) is 0 Å². The Kier molecular flexibility index (Phi) is 4.63. The third-order valence-corrected chi connectivity index (χ3v) is 4.42. The zero-order valence-corrected chi connectivity index (χ0v) is 12.8. The number of piperidine rings is 1. The number of likely N-dealkylation sites (tertiary alicyclic amines) is 1. The lowest BCUT2D eigenvalue weighted by molar-refractivity contribution is 0.0794. The van der Waals surface area contributed by atoms with Gasteiger partial charge in [-0.15, -0.1) is 0 Å². The smallest absolute Gasteiger partial charge is 0.0670 e. The summed E-state index contributed by atoms with van der Waals surface area (Å²) in [5.41, 5.74) is 8.62. The van der Waals surface area contributed by atoms with E-state index in [0.717, 1.165) is 18.9 Å². The molecule has 1 aromatic heterocycles. The SMILES string of the molecule is CCc1nn(C)cc1C(CN)N1CC(C)CCC1C. The highest BCUT2D eigenvalue weighted by Gasteiger charge is 2.31. The van der Waals surface area contributed by atoms with Gasteiger partial charge in [-0.3, -0.25) is 9.58 Å². The van der Waals surface area contributed by atoms with E-state index >= 15 is 0 Å². The van der Waals surface area contributed by atoms with Crippen LogP contribution in [0, 0.1) is 5.92 Å². The molecule has 0 saturated carbocycles. The van der Waals surface area contributed by atoms with E-state index in [0.29, 0.717) is 18.6 Å². The first-order valence-electron chi connectivity index (χ1n) is 7.55. The van der Waals surface area contributed by atoms with Crippen LogP contribution in [0.5, 0.6) is 0 Å². The maximum absolute atomic E-state index is 6.10. The predicted molar refractivity (Wildman–Crippen MR) is 78.9 cm³/mol. The van der Waals surface area contributed by atoms with Gasteiger partial charge in [-0.2, -0.15) is 5.10 Å². The van der Waals surface area contributed by atoms with Crippen LogP contribution in [0.25, 0.3) is 0 Å². The van der Waals surface area contributed by atoms with Crippen LogP contribution in [0.15, 0.2) is 6.20 Å². The van der Waals surface area contributed by atoms with E-state index in [1.165, 1.54) is 24.1 Å². The molecule has 2 N–H and O–H groups in total. The fraction of sp³-hybridized carbons (Fsp3) is 0.800. The Bertz CT molecular complexity index is 412. The summed E-state index contributed by atoms with van der Waals surface area (Å²) in [5.74, 6) is 0.770. The van der Waals surface area contributed by atoms with Crippen LogP contribution in [-0.4, -0.2) is 33.8 Å². The summed E-state index contributed by atoms with van der Waals surface area (Å²) in [6.45, 7) is 8.67. The van der Waals surface area contributed by atoms with Gasteiger partial charge in [0.05, 0.1) is 11.7 Å². The summed E-state index contributed by atoms with van der Waals surface area (Å²) < 4.78 is 1.93. The molecule has 4 nitrogen and oxygen atoms in total. The van der Waals surface area contributed by atoms with Gasteiger partial charge in [0.15, 0.2) is 0 Å². The molecule has 1 aliphatic rings. The molecule has 0 radical (unpaired) electrons. The first-order valence-corrected chi connectivity index (χ1v) is 7.55. The highest BCUT2D eigenvalue weighted by atomic mass is 15.3. The Morgan fingerprint density at radius 2 is 2.16 bits per heavy atom. The van der Waals surface area contributed by atoms with Gasteiger partial charge in [-0.1, -0.05) is 13.8 Å². The maximum atomic E-state index is 6.10. The lowest BCUT2D eigenvalue weighted by atomic mass is 9.91. The summed E-state index contributed by atoms with van der Waals surface area (Å²) >= 11 is 0. The standard InChI is InChI=1S/C15H28N4/c1-5-14-13(10-18(4)17-14)15(8-16)19-9-11(2)6-7-12(19)3/h10-12,15H,5-9,16H2,1-4H3. The van der Waals surface area contributed by atoms with Gasteiger partial charge in [-0.05, 0) is 32.1 Å². The zero-order chi connectivity index (χ0) is 14.0. The van der Waals surface area contributed by atoms with Gasteiger partial charge < -0.3 is 5.73 Å². The van der Waals surface area contributed by atoms with Crippen molar-refractivity contribution < 1.29 is 0 Å².